The lowest BCUT2D eigenvalue weighted by Crippen LogP contribution is -2.07. The van der Waals surface area contributed by atoms with Gasteiger partial charge in [0.15, 0.2) is 0 Å². The van der Waals surface area contributed by atoms with Gasteiger partial charge in [-0.25, -0.2) is 0 Å². The van der Waals surface area contributed by atoms with Crippen LogP contribution in [-0.4, -0.2) is 0 Å². The van der Waals surface area contributed by atoms with Crippen LogP contribution in [0.3, 0.4) is 0 Å². The molecule has 0 amide bonds. The van der Waals surface area contributed by atoms with E-state index in [4.69, 9.17) is 11.6 Å². The van der Waals surface area contributed by atoms with Crippen LogP contribution in [-0.2, 0) is 6.18 Å². The van der Waals surface area contributed by atoms with Crippen molar-refractivity contribution < 1.29 is 13.2 Å². The summed E-state index contributed by atoms with van der Waals surface area (Å²) in [6.45, 7) is 3.28. The van der Waals surface area contributed by atoms with Crippen LogP contribution in [0.2, 0.25) is 5.02 Å². The van der Waals surface area contributed by atoms with Crippen LogP contribution in [0.5, 0.6) is 0 Å². The van der Waals surface area contributed by atoms with Crippen molar-refractivity contribution in [1.82, 2.24) is 0 Å². The second-order valence-corrected chi connectivity index (χ2v) is 4.87. The third-order valence-electron chi connectivity index (χ3n) is 3.05. The highest BCUT2D eigenvalue weighted by atomic mass is 35.5. The van der Waals surface area contributed by atoms with Crippen LogP contribution >= 0.6 is 11.6 Å². The van der Waals surface area contributed by atoms with Crippen molar-refractivity contribution in [3.05, 3.63) is 58.1 Å². The molecular formula is C15H12ClF3. The summed E-state index contributed by atoms with van der Waals surface area (Å²) in [5, 5.41) is 0.456. The summed E-state index contributed by atoms with van der Waals surface area (Å²) in [5.74, 6) is 0. The highest BCUT2D eigenvalue weighted by Gasteiger charge is 2.32. The molecule has 0 atom stereocenters. The van der Waals surface area contributed by atoms with Gasteiger partial charge in [-0.3, -0.25) is 0 Å². The number of rotatable bonds is 1. The van der Waals surface area contributed by atoms with Crippen LogP contribution in [0.15, 0.2) is 36.4 Å². The minimum atomic E-state index is -4.35. The second-order valence-electron chi connectivity index (χ2n) is 4.46. The predicted molar refractivity (Wildman–Crippen MR) is 71.4 cm³/mol. The maximum Gasteiger partial charge on any atom is 0.416 e. The van der Waals surface area contributed by atoms with Gasteiger partial charge in [0, 0.05) is 10.6 Å². The molecule has 0 nitrogen and oxygen atoms in total. The molecule has 0 aliphatic heterocycles. The predicted octanol–water partition coefficient (Wildman–Crippen LogP) is 5.64. The summed E-state index contributed by atoms with van der Waals surface area (Å²) >= 11 is 6.09. The number of hydrogen-bond acceptors (Lipinski definition) is 0. The number of aryl methyl sites for hydroxylation is 2. The molecule has 0 bridgehead atoms. The van der Waals surface area contributed by atoms with E-state index in [1.165, 1.54) is 13.0 Å². The fourth-order valence-corrected chi connectivity index (χ4v) is 2.41. The SMILES string of the molecule is Cc1ccc(-c2c(C)cccc2Cl)cc1C(F)(F)F. The zero-order valence-electron chi connectivity index (χ0n) is 10.5. The highest BCUT2D eigenvalue weighted by molar-refractivity contribution is 6.33. The lowest BCUT2D eigenvalue weighted by Gasteiger charge is -2.14. The first-order chi connectivity index (χ1) is 8.80. The standard InChI is InChI=1S/C15H12ClF3/c1-9-6-7-11(8-12(9)15(17,18)19)14-10(2)4-3-5-13(14)16/h3-8H,1-2H3. The average molecular weight is 285 g/mol. The van der Waals surface area contributed by atoms with Gasteiger partial charge in [-0.05, 0) is 42.7 Å². The molecule has 0 heterocycles. The largest absolute Gasteiger partial charge is 0.416 e. The van der Waals surface area contributed by atoms with Gasteiger partial charge < -0.3 is 0 Å². The zero-order chi connectivity index (χ0) is 14.2. The molecule has 0 aliphatic carbocycles. The molecule has 0 aliphatic rings. The Bertz CT molecular complexity index is 595. The number of alkyl halides is 3. The maximum absolute atomic E-state index is 12.9. The molecular weight excluding hydrogens is 273 g/mol. The summed E-state index contributed by atoms with van der Waals surface area (Å²) in [6.07, 6.45) is -4.35. The summed E-state index contributed by atoms with van der Waals surface area (Å²) in [4.78, 5) is 0. The first kappa shape index (κ1) is 13.9. The summed E-state index contributed by atoms with van der Waals surface area (Å²) in [5.41, 5.74) is 1.57. The van der Waals surface area contributed by atoms with Crippen molar-refractivity contribution in [2.45, 2.75) is 20.0 Å². The van der Waals surface area contributed by atoms with E-state index in [-0.39, 0.29) is 5.56 Å². The van der Waals surface area contributed by atoms with Gasteiger partial charge >= 0.3 is 6.18 Å². The Labute approximate surface area is 114 Å². The van der Waals surface area contributed by atoms with E-state index >= 15 is 0 Å². The minimum absolute atomic E-state index is 0.209. The lowest BCUT2D eigenvalue weighted by atomic mass is 9.96. The van der Waals surface area contributed by atoms with Gasteiger partial charge in [-0.1, -0.05) is 35.9 Å². The highest BCUT2D eigenvalue weighted by Crippen LogP contribution is 2.37. The van der Waals surface area contributed by atoms with Gasteiger partial charge in [0.25, 0.3) is 0 Å². The monoisotopic (exact) mass is 284 g/mol. The Balaban J connectivity index is 2.65. The Morgan fingerprint density at radius 1 is 0.947 bits per heavy atom. The topological polar surface area (TPSA) is 0 Å². The number of halogens is 4. The van der Waals surface area contributed by atoms with Crippen LogP contribution in [0.25, 0.3) is 11.1 Å². The summed E-state index contributed by atoms with van der Waals surface area (Å²) < 4.78 is 38.7. The molecule has 0 N–H and O–H groups in total. The van der Waals surface area contributed by atoms with Crippen LogP contribution < -0.4 is 0 Å². The lowest BCUT2D eigenvalue weighted by molar-refractivity contribution is -0.138. The number of benzene rings is 2. The van der Waals surface area contributed by atoms with Crippen LogP contribution in [0, 0.1) is 13.8 Å². The van der Waals surface area contributed by atoms with E-state index in [1.54, 1.807) is 18.2 Å². The average Bonchev–Trinajstić information content (AvgIpc) is 2.29. The minimum Gasteiger partial charge on any atom is -0.166 e. The molecule has 100 valence electrons. The Morgan fingerprint density at radius 3 is 2.21 bits per heavy atom. The Hall–Kier alpha value is -1.48. The van der Waals surface area contributed by atoms with Crippen molar-refractivity contribution in [2.24, 2.45) is 0 Å². The van der Waals surface area contributed by atoms with Gasteiger partial charge in [-0.15, -0.1) is 0 Å². The van der Waals surface area contributed by atoms with Crippen LogP contribution in [0.1, 0.15) is 16.7 Å². The third-order valence-corrected chi connectivity index (χ3v) is 3.37. The van der Waals surface area contributed by atoms with Crippen molar-refractivity contribution >= 4 is 11.6 Å². The smallest absolute Gasteiger partial charge is 0.166 e. The molecule has 2 rings (SSSR count). The summed E-state index contributed by atoms with van der Waals surface area (Å²) in [6, 6.07) is 9.58. The molecule has 0 saturated heterocycles. The second kappa shape index (κ2) is 4.89. The van der Waals surface area contributed by atoms with E-state index in [0.717, 1.165) is 11.6 Å². The van der Waals surface area contributed by atoms with E-state index in [1.807, 2.05) is 13.0 Å². The van der Waals surface area contributed by atoms with Gasteiger partial charge in [0.2, 0.25) is 0 Å². The molecule has 0 aromatic heterocycles. The van der Waals surface area contributed by atoms with Gasteiger partial charge in [0.1, 0.15) is 0 Å². The third kappa shape index (κ3) is 2.76. The van der Waals surface area contributed by atoms with E-state index < -0.39 is 11.7 Å². The summed E-state index contributed by atoms with van der Waals surface area (Å²) in [7, 11) is 0. The van der Waals surface area contributed by atoms with Crippen molar-refractivity contribution in [3.63, 3.8) is 0 Å². The van der Waals surface area contributed by atoms with Crippen LogP contribution in [0.4, 0.5) is 13.2 Å². The van der Waals surface area contributed by atoms with E-state index in [2.05, 4.69) is 0 Å². The molecule has 19 heavy (non-hydrogen) atoms. The first-order valence-electron chi connectivity index (χ1n) is 5.74. The molecule has 0 unspecified atom stereocenters. The van der Waals surface area contributed by atoms with E-state index in [9.17, 15) is 13.2 Å². The number of hydrogen-bond donors (Lipinski definition) is 0. The molecule has 0 saturated carbocycles. The molecule has 0 spiro atoms. The van der Waals surface area contributed by atoms with Crippen molar-refractivity contribution in [2.75, 3.05) is 0 Å². The maximum atomic E-state index is 12.9. The van der Waals surface area contributed by atoms with Crippen molar-refractivity contribution in [3.8, 4) is 11.1 Å². The molecule has 2 aromatic carbocycles. The normalized spacial score (nSPS) is 11.7. The molecule has 0 fully saturated rings. The van der Waals surface area contributed by atoms with Crippen molar-refractivity contribution in [1.29, 1.82) is 0 Å². The Kier molecular flexibility index (Phi) is 3.59. The van der Waals surface area contributed by atoms with Gasteiger partial charge in [-0.2, -0.15) is 13.2 Å². The van der Waals surface area contributed by atoms with E-state index in [0.29, 0.717) is 16.1 Å². The molecule has 0 radical (unpaired) electrons. The zero-order valence-corrected chi connectivity index (χ0v) is 11.2. The fraction of sp³-hybridized carbons (Fsp3) is 0.200. The van der Waals surface area contributed by atoms with Gasteiger partial charge in [0.05, 0.1) is 5.56 Å². The first-order valence-corrected chi connectivity index (χ1v) is 6.12. The molecule has 4 heteroatoms. The quantitative estimate of drug-likeness (QED) is 0.635. The Morgan fingerprint density at radius 2 is 1.63 bits per heavy atom. The molecule has 2 aromatic rings. The fourth-order valence-electron chi connectivity index (χ4n) is 2.08.